The van der Waals surface area contributed by atoms with E-state index in [1.807, 2.05) is 37.3 Å². The van der Waals surface area contributed by atoms with Crippen LogP contribution in [0.5, 0.6) is 5.75 Å². The largest absolute Gasteiger partial charge is 0.488 e. The van der Waals surface area contributed by atoms with Gasteiger partial charge in [-0.1, -0.05) is 36.4 Å². The van der Waals surface area contributed by atoms with Gasteiger partial charge in [-0.25, -0.2) is 9.78 Å². The van der Waals surface area contributed by atoms with Crippen LogP contribution in [0.3, 0.4) is 0 Å². The number of para-hydroxylation sites is 1. The van der Waals surface area contributed by atoms with E-state index in [0.717, 1.165) is 68.0 Å². The van der Waals surface area contributed by atoms with Crippen LogP contribution in [0.1, 0.15) is 57.6 Å². The molecular weight excluding hydrogens is 572 g/mol. The monoisotopic (exact) mass is 610 g/mol. The van der Waals surface area contributed by atoms with Crippen molar-refractivity contribution >= 4 is 11.9 Å². The number of carbonyl (C=O) groups is 2. The number of pyridine rings is 1. The first-order valence-electron chi connectivity index (χ1n) is 15.4. The van der Waals surface area contributed by atoms with Gasteiger partial charge in [0.2, 0.25) is 0 Å². The van der Waals surface area contributed by atoms with Gasteiger partial charge < -0.3 is 19.7 Å². The van der Waals surface area contributed by atoms with Gasteiger partial charge in [0.15, 0.2) is 5.69 Å². The predicted molar refractivity (Wildman–Crippen MR) is 168 cm³/mol. The maximum atomic E-state index is 11.8. The van der Waals surface area contributed by atoms with E-state index < -0.39 is 11.9 Å². The lowest BCUT2D eigenvalue weighted by atomic mass is 9.95. The molecule has 0 atom stereocenters. The van der Waals surface area contributed by atoms with Crippen molar-refractivity contribution in [2.45, 2.75) is 65.3 Å². The standard InChI is InChI=1S/C35H38N4O6/c1-22-5-3-6-28(29-7-4-8-30(36-29)33-23(2)32(35(42)43)37-39(33)16-12-31(40)41)34(22)45-21-24-9-10-26-20-38(15-11-25(26)19-24)27-13-17-44-18-14-27/h3-10,19,27H,11-18,20-21H2,1-2H3,(H,40,41)(H,42,43). The number of ether oxygens (including phenoxy) is 2. The first-order valence-corrected chi connectivity index (χ1v) is 15.4. The van der Waals surface area contributed by atoms with Gasteiger partial charge in [-0.3, -0.25) is 14.4 Å². The van der Waals surface area contributed by atoms with E-state index in [9.17, 15) is 19.8 Å². The molecule has 0 saturated carbocycles. The Hall–Kier alpha value is -4.54. The fraction of sp³-hybridized carbons (Fsp3) is 0.371. The van der Waals surface area contributed by atoms with Gasteiger partial charge in [-0.2, -0.15) is 5.10 Å². The lowest BCUT2D eigenvalue weighted by Gasteiger charge is -2.37. The first kappa shape index (κ1) is 30.5. The zero-order chi connectivity index (χ0) is 31.5. The topological polar surface area (TPSA) is 127 Å². The Kier molecular flexibility index (Phi) is 8.95. The summed E-state index contributed by atoms with van der Waals surface area (Å²) in [7, 11) is 0. The number of aromatic nitrogens is 3. The van der Waals surface area contributed by atoms with E-state index in [1.54, 1.807) is 13.0 Å². The maximum Gasteiger partial charge on any atom is 0.356 e. The van der Waals surface area contributed by atoms with Crippen molar-refractivity contribution in [2.24, 2.45) is 0 Å². The highest BCUT2D eigenvalue weighted by Gasteiger charge is 2.26. The zero-order valence-corrected chi connectivity index (χ0v) is 25.7. The number of aryl methyl sites for hydroxylation is 2. The highest BCUT2D eigenvalue weighted by Crippen LogP contribution is 2.35. The van der Waals surface area contributed by atoms with E-state index in [2.05, 4.69) is 28.2 Å². The van der Waals surface area contributed by atoms with E-state index >= 15 is 0 Å². The first-order chi connectivity index (χ1) is 21.8. The molecule has 1 saturated heterocycles. The summed E-state index contributed by atoms with van der Waals surface area (Å²) in [6.07, 6.45) is 3.04. The minimum Gasteiger partial charge on any atom is -0.488 e. The molecule has 0 spiro atoms. The molecule has 2 aliphatic heterocycles. The molecule has 45 heavy (non-hydrogen) atoms. The summed E-state index contributed by atoms with van der Waals surface area (Å²) in [6, 6.07) is 18.7. The SMILES string of the molecule is Cc1cccc(-c2cccc(-c3c(C)c(C(=O)O)nn3CCC(=O)O)n2)c1OCc1ccc2c(c1)CCN(C1CCOCC1)C2. The lowest BCUT2D eigenvalue weighted by Crippen LogP contribution is -2.42. The van der Waals surface area contributed by atoms with Crippen molar-refractivity contribution < 1.29 is 29.3 Å². The zero-order valence-electron chi connectivity index (χ0n) is 25.7. The molecule has 10 nitrogen and oxygen atoms in total. The second-order valence-corrected chi connectivity index (χ2v) is 11.8. The number of nitrogens with zero attached hydrogens (tertiary/aromatic N) is 4. The van der Waals surface area contributed by atoms with Gasteiger partial charge in [0.1, 0.15) is 12.4 Å². The van der Waals surface area contributed by atoms with Crippen LogP contribution in [-0.4, -0.2) is 67.6 Å². The number of carboxylic acid groups (broad SMARTS) is 2. The van der Waals surface area contributed by atoms with Gasteiger partial charge in [0.25, 0.3) is 0 Å². The van der Waals surface area contributed by atoms with E-state index in [1.165, 1.54) is 15.8 Å². The van der Waals surface area contributed by atoms with Gasteiger partial charge in [0, 0.05) is 43.5 Å². The number of rotatable bonds is 10. The van der Waals surface area contributed by atoms with Crippen LogP contribution in [-0.2, 0) is 35.6 Å². The Morgan fingerprint density at radius 1 is 1.00 bits per heavy atom. The second kappa shape index (κ2) is 13.2. The molecule has 0 amide bonds. The Morgan fingerprint density at radius 3 is 2.56 bits per heavy atom. The van der Waals surface area contributed by atoms with Gasteiger partial charge in [-0.05, 0) is 73.6 Å². The van der Waals surface area contributed by atoms with Gasteiger partial charge >= 0.3 is 11.9 Å². The van der Waals surface area contributed by atoms with Crippen molar-refractivity contribution in [1.29, 1.82) is 0 Å². The van der Waals surface area contributed by atoms with Gasteiger partial charge in [-0.15, -0.1) is 0 Å². The Labute approximate surface area is 262 Å². The van der Waals surface area contributed by atoms with E-state index in [-0.39, 0.29) is 18.7 Å². The molecule has 2 aliphatic rings. The molecule has 2 aromatic heterocycles. The Morgan fingerprint density at radius 2 is 1.78 bits per heavy atom. The maximum absolute atomic E-state index is 11.8. The Bertz CT molecular complexity index is 1730. The van der Waals surface area contributed by atoms with Crippen LogP contribution in [0.2, 0.25) is 0 Å². The number of fused-ring (bicyclic) bond motifs is 1. The molecule has 6 rings (SSSR count). The third-order valence-electron chi connectivity index (χ3n) is 8.81. The molecule has 0 aliphatic carbocycles. The molecular formula is C35H38N4O6. The number of aliphatic carboxylic acids is 1. The number of benzene rings is 2. The molecule has 10 heteroatoms. The van der Waals surface area contributed by atoms with Crippen molar-refractivity contribution in [2.75, 3.05) is 19.8 Å². The highest BCUT2D eigenvalue weighted by atomic mass is 16.5. The fourth-order valence-corrected chi connectivity index (χ4v) is 6.44. The molecule has 4 heterocycles. The summed E-state index contributed by atoms with van der Waals surface area (Å²) in [5.74, 6) is -1.44. The van der Waals surface area contributed by atoms with Crippen LogP contribution in [0, 0.1) is 13.8 Å². The number of aromatic carboxylic acids is 1. The molecule has 0 bridgehead atoms. The van der Waals surface area contributed by atoms with Crippen molar-refractivity contribution in [3.8, 4) is 28.4 Å². The highest BCUT2D eigenvalue weighted by molar-refractivity contribution is 5.89. The number of hydrogen-bond acceptors (Lipinski definition) is 7. The van der Waals surface area contributed by atoms with Crippen molar-refractivity contribution in [1.82, 2.24) is 19.7 Å². The van der Waals surface area contributed by atoms with Crippen molar-refractivity contribution in [3.05, 3.63) is 88.1 Å². The average molecular weight is 611 g/mol. The summed E-state index contributed by atoms with van der Waals surface area (Å²) in [4.78, 5) is 30.6. The predicted octanol–water partition coefficient (Wildman–Crippen LogP) is 5.52. The van der Waals surface area contributed by atoms with Gasteiger partial charge in [0.05, 0.1) is 30.0 Å². The minimum absolute atomic E-state index is 0.0256. The van der Waals surface area contributed by atoms with E-state index in [4.69, 9.17) is 14.5 Å². The van der Waals surface area contributed by atoms with Crippen LogP contribution in [0.25, 0.3) is 22.6 Å². The summed E-state index contributed by atoms with van der Waals surface area (Å²) < 4.78 is 13.5. The van der Waals surface area contributed by atoms with Crippen LogP contribution >= 0.6 is 0 Å². The normalized spacial score (nSPS) is 15.5. The second-order valence-electron chi connectivity index (χ2n) is 11.8. The average Bonchev–Trinajstić information content (AvgIpc) is 3.39. The van der Waals surface area contributed by atoms with Crippen LogP contribution < -0.4 is 4.74 Å². The third-order valence-corrected chi connectivity index (χ3v) is 8.81. The molecule has 2 N–H and O–H groups in total. The summed E-state index contributed by atoms with van der Waals surface area (Å²) in [5.41, 5.74) is 7.63. The minimum atomic E-state index is -1.17. The van der Waals surface area contributed by atoms with Crippen molar-refractivity contribution in [3.63, 3.8) is 0 Å². The summed E-state index contributed by atoms with van der Waals surface area (Å²) in [6.45, 7) is 7.86. The lowest BCUT2D eigenvalue weighted by molar-refractivity contribution is -0.137. The molecule has 0 unspecified atom stereocenters. The number of hydrogen-bond donors (Lipinski definition) is 2. The molecule has 4 aromatic rings. The summed E-state index contributed by atoms with van der Waals surface area (Å²) >= 11 is 0. The fourth-order valence-electron chi connectivity index (χ4n) is 6.44. The van der Waals surface area contributed by atoms with Crippen LogP contribution in [0.4, 0.5) is 0 Å². The third kappa shape index (κ3) is 6.62. The molecule has 0 radical (unpaired) electrons. The van der Waals surface area contributed by atoms with E-state index in [0.29, 0.717) is 35.3 Å². The smallest absolute Gasteiger partial charge is 0.356 e. The number of carboxylic acids is 2. The molecule has 2 aromatic carbocycles. The molecule has 234 valence electrons. The van der Waals surface area contributed by atoms with Crippen LogP contribution in [0.15, 0.2) is 54.6 Å². The Balaban J connectivity index is 1.24. The molecule has 1 fully saturated rings. The quantitative estimate of drug-likeness (QED) is 0.239. The summed E-state index contributed by atoms with van der Waals surface area (Å²) in [5, 5.41) is 23.1.